The van der Waals surface area contributed by atoms with Crippen molar-refractivity contribution in [2.24, 2.45) is 0 Å². The van der Waals surface area contributed by atoms with E-state index in [1.807, 2.05) is 25.9 Å². The summed E-state index contributed by atoms with van der Waals surface area (Å²) in [6, 6.07) is 0. The summed E-state index contributed by atoms with van der Waals surface area (Å²) in [5, 5.41) is 2.75. The first kappa shape index (κ1) is 13.7. The van der Waals surface area contributed by atoms with Gasteiger partial charge in [0.25, 0.3) is 0 Å². The molecule has 0 aromatic carbocycles. The third-order valence-electron chi connectivity index (χ3n) is 1.61. The Bertz CT molecular complexity index is 165. The normalized spacial score (nSPS) is 12.9. The highest BCUT2D eigenvalue weighted by molar-refractivity contribution is 7.80. The minimum atomic E-state index is -0.225. The second-order valence-electron chi connectivity index (χ2n) is 3.36. The number of ether oxygens (including phenoxy) is 1. The summed E-state index contributed by atoms with van der Waals surface area (Å²) in [5.74, 6) is 0.683. The highest BCUT2D eigenvalue weighted by Crippen LogP contribution is 1.90. The van der Waals surface area contributed by atoms with Crippen molar-refractivity contribution in [1.82, 2.24) is 10.2 Å². The van der Waals surface area contributed by atoms with Crippen molar-refractivity contribution in [1.29, 1.82) is 0 Å². The summed E-state index contributed by atoms with van der Waals surface area (Å²) < 4.78 is 5.25. The van der Waals surface area contributed by atoms with Crippen molar-refractivity contribution in [2.75, 3.05) is 33.0 Å². The topological polar surface area (TPSA) is 41.6 Å². The molecule has 0 aromatic rings. The summed E-state index contributed by atoms with van der Waals surface area (Å²) in [4.78, 5) is 13.3. The van der Waals surface area contributed by atoms with Gasteiger partial charge in [-0.1, -0.05) is 0 Å². The lowest BCUT2D eigenvalue weighted by atomic mass is 10.4. The maximum atomic E-state index is 11.3. The molecule has 0 fully saturated rings. The fourth-order valence-corrected chi connectivity index (χ4v) is 1.00. The van der Waals surface area contributed by atoms with E-state index in [0.29, 0.717) is 18.8 Å². The van der Waals surface area contributed by atoms with Gasteiger partial charge in [-0.05, 0) is 21.0 Å². The average Bonchev–Trinajstić information content (AvgIpc) is 2.11. The molecule has 0 aliphatic rings. The Morgan fingerprint density at radius 2 is 2.21 bits per heavy atom. The van der Waals surface area contributed by atoms with Crippen molar-refractivity contribution in [3.63, 3.8) is 0 Å². The Labute approximate surface area is 91.4 Å². The predicted molar refractivity (Wildman–Crippen MR) is 60.6 cm³/mol. The van der Waals surface area contributed by atoms with E-state index in [0.717, 1.165) is 6.54 Å². The van der Waals surface area contributed by atoms with Gasteiger partial charge >= 0.3 is 0 Å². The molecule has 1 N–H and O–H groups in total. The van der Waals surface area contributed by atoms with Gasteiger partial charge in [0.05, 0.1) is 6.61 Å². The fraction of sp³-hybridized carbons (Fsp3) is 0.889. The van der Waals surface area contributed by atoms with Gasteiger partial charge < -0.3 is 15.0 Å². The molecule has 4 nitrogen and oxygen atoms in total. The van der Waals surface area contributed by atoms with Crippen LogP contribution >= 0.6 is 12.6 Å². The van der Waals surface area contributed by atoms with Crippen LogP contribution in [0, 0.1) is 0 Å². The van der Waals surface area contributed by atoms with Gasteiger partial charge in [-0.25, -0.2) is 0 Å². The molecule has 5 heteroatoms. The van der Waals surface area contributed by atoms with Gasteiger partial charge in [-0.3, -0.25) is 4.79 Å². The zero-order chi connectivity index (χ0) is 11.0. The Morgan fingerprint density at radius 3 is 2.71 bits per heavy atom. The summed E-state index contributed by atoms with van der Waals surface area (Å²) in [7, 11) is 3.88. The van der Waals surface area contributed by atoms with E-state index in [2.05, 4.69) is 17.9 Å². The molecule has 0 saturated carbocycles. The highest BCUT2D eigenvalue weighted by atomic mass is 32.1. The first-order valence-electron chi connectivity index (χ1n) is 4.72. The summed E-state index contributed by atoms with van der Waals surface area (Å²) >= 11 is 4.01. The van der Waals surface area contributed by atoms with E-state index in [4.69, 9.17) is 4.74 Å². The Balaban J connectivity index is 3.50. The lowest BCUT2D eigenvalue weighted by Crippen LogP contribution is -2.36. The van der Waals surface area contributed by atoms with Crippen LogP contribution in [0.3, 0.4) is 0 Å². The van der Waals surface area contributed by atoms with E-state index in [1.165, 1.54) is 0 Å². The quantitative estimate of drug-likeness (QED) is 0.480. The van der Waals surface area contributed by atoms with Crippen LogP contribution in [0.1, 0.15) is 13.3 Å². The SMILES string of the molecule is CC(NC(=O)CCN(C)C)OCCS. The zero-order valence-electron chi connectivity index (χ0n) is 9.12. The molecule has 0 aliphatic carbocycles. The molecular weight excluding hydrogens is 200 g/mol. The number of amides is 1. The standard InChI is InChI=1S/C9H20N2O2S/c1-8(13-6-7-14)10-9(12)4-5-11(2)3/h8,14H,4-7H2,1-3H3,(H,10,12). The predicted octanol–water partition coefficient (Wildman–Crippen LogP) is 0.347. The van der Waals surface area contributed by atoms with Gasteiger partial charge in [-0.15, -0.1) is 0 Å². The van der Waals surface area contributed by atoms with E-state index in [9.17, 15) is 4.79 Å². The lowest BCUT2D eigenvalue weighted by Gasteiger charge is -2.15. The maximum Gasteiger partial charge on any atom is 0.223 e. The number of carbonyl (C=O) groups is 1. The maximum absolute atomic E-state index is 11.3. The van der Waals surface area contributed by atoms with Crippen LogP contribution < -0.4 is 5.32 Å². The molecule has 1 unspecified atom stereocenters. The van der Waals surface area contributed by atoms with Crippen molar-refractivity contribution in [3.8, 4) is 0 Å². The Morgan fingerprint density at radius 1 is 1.57 bits per heavy atom. The monoisotopic (exact) mass is 220 g/mol. The van der Waals surface area contributed by atoms with Crippen LogP contribution in [0.4, 0.5) is 0 Å². The van der Waals surface area contributed by atoms with Gasteiger partial charge in [0.1, 0.15) is 6.23 Å². The average molecular weight is 220 g/mol. The van der Waals surface area contributed by atoms with Gasteiger partial charge in [0.15, 0.2) is 0 Å². The van der Waals surface area contributed by atoms with E-state index in [-0.39, 0.29) is 12.1 Å². The van der Waals surface area contributed by atoms with E-state index < -0.39 is 0 Å². The summed E-state index contributed by atoms with van der Waals surface area (Å²) in [6.07, 6.45) is 0.276. The first-order chi connectivity index (χ1) is 6.56. The molecule has 1 atom stereocenters. The van der Waals surface area contributed by atoms with Crippen LogP contribution in [-0.2, 0) is 9.53 Å². The lowest BCUT2D eigenvalue weighted by molar-refractivity contribution is -0.125. The molecule has 84 valence electrons. The number of carbonyl (C=O) groups excluding carboxylic acids is 1. The second kappa shape index (κ2) is 8.08. The third-order valence-corrected chi connectivity index (χ3v) is 1.79. The highest BCUT2D eigenvalue weighted by Gasteiger charge is 2.06. The number of thiol groups is 1. The molecule has 0 saturated heterocycles. The molecule has 14 heavy (non-hydrogen) atoms. The Hall–Kier alpha value is -0.260. The minimum absolute atomic E-state index is 0.0189. The first-order valence-corrected chi connectivity index (χ1v) is 5.36. The molecular formula is C9H20N2O2S. The molecule has 0 spiro atoms. The summed E-state index contributed by atoms with van der Waals surface area (Å²) in [6.45, 7) is 3.13. The molecule has 0 bridgehead atoms. The van der Waals surface area contributed by atoms with Gasteiger partial charge in [-0.2, -0.15) is 12.6 Å². The molecule has 0 aromatic heterocycles. The molecule has 0 radical (unpaired) electrons. The fourth-order valence-electron chi connectivity index (χ4n) is 0.895. The third kappa shape index (κ3) is 8.34. The van der Waals surface area contributed by atoms with Crippen LogP contribution in [-0.4, -0.2) is 50.0 Å². The zero-order valence-corrected chi connectivity index (χ0v) is 10.0. The van der Waals surface area contributed by atoms with Crippen molar-refractivity contribution in [2.45, 2.75) is 19.6 Å². The van der Waals surface area contributed by atoms with Gasteiger partial charge in [0.2, 0.25) is 5.91 Å². The van der Waals surface area contributed by atoms with E-state index in [1.54, 1.807) is 0 Å². The van der Waals surface area contributed by atoms with Crippen LogP contribution in [0.25, 0.3) is 0 Å². The number of nitrogens with zero attached hydrogens (tertiary/aromatic N) is 1. The van der Waals surface area contributed by atoms with Gasteiger partial charge in [0, 0.05) is 18.7 Å². The van der Waals surface area contributed by atoms with Crippen molar-refractivity contribution in [3.05, 3.63) is 0 Å². The van der Waals surface area contributed by atoms with Crippen LogP contribution in [0.5, 0.6) is 0 Å². The number of rotatable bonds is 7. The molecule has 0 heterocycles. The number of hydrogen-bond donors (Lipinski definition) is 2. The number of hydrogen-bond acceptors (Lipinski definition) is 4. The van der Waals surface area contributed by atoms with Crippen LogP contribution in [0.2, 0.25) is 0 Å². The number of nitrogens with one attached hydrogen (secondary N) is 1. The van der Waals surface area contributed by atoms with Crippen LogP contribution in [0.15, 0.2) is 0 Å². The second-order valence-corrected chi connectivity index (χ2v) is 3.80. The molecule has 1 amide bonds. The van der Waals surface area contributed by atoms with Crippen molar-refractivity contribution < 1.29 is 9.53 Å². The molecule has 0 aliphatic heterocycles. The summed E-state index contributed by atoms with van der Waals surface area (Å²) in [5.41, 5.74) is 0. The largest absolute Gasteiger partial charge is 0.358 e. The molecule has 0 rings (SSSR count). The van der Waals surface area contributed by atoms with Crippen molar-refractivity contribution >= 4 is 18.5 Å². The Kier molecular flexibility index (Phi) is 7.93. The minimum Gasteiger partial charge on any atom is -0.358 e. The van der Waals surface area contributed by atoms with E-state index >= 15 is 0 Å². The smallest absolute Gasteiger partial charge is 0.223 e.